The summed E-state index contributed by atoms with van der Waals surface area (Å²) in [7, 11) is -3.61. The zero-order valence-corrected chi connectivity index (χ0v) is 14.0. The molecule has 1 saturated heterocycles. The average molecular weight is 332 g/mol. The lowest BCUT2D eigenvalue weighted by Gasteiger charge is -2.33. The molecule has 1 aliphatic rings. The van der Waals surface area contributed by atoms with Crippen molar-refractivity contribution in [3.8, 4) is 0 Å². The molecule has 2 heterocycles. The normalized spacial score (nSPS) is 22.3. The maximum absolute atomic E-state index is 13.0. The van der Waals surface area contributed by atoms with Gasteiger partial charge in [0.25, 0.3) is 0 Å². The maximum atomic E-state index is 13.0. The van der Waals surface area contributed by atoms with Crippen molar-refractivity contribution in [2.24, 2.45) is 0 Å². The molecule has 0 bridgehead atoms. The van der Waals surface area contributed by atoms with Crippen LogP contribution in [0.3, 0.4) is 0 Å². The molecule has 23 heavy (non-hydrogen) atoms. The smallest absolute Gasteiger partial charge is 0.243 e. The van der Waals surface area contributed by atoms with E-state index in [9.17, 15) is 8.42 Å². The largest absolute Gasteiger partial charge is 0.384 e. The molecule has 0 spiro atoms. The van der Waals surface area contributed by atoms with Gasteiger partial charge in [-0.15, -0.1) is 0 Å². The third-order valence-corrected chi connectivity index (χ3v) is 6.30. The van der Waals surface area contributed by atoms with Crippen molar-refractivity contribution >= 4 is 15.8 Å². The first-order chi connectivity index (χ1) is 10.8. The quantitative estimate of drug-likeness (QED) is 0.929. The standard InChI is InChI=1S/C16H20N4O2S/c1-12-11-14(17)19-15(18-12)16(2)9-6-10-20(16)23(21,22)13-7-4-3-5-8-13/h3-5,7-8,11H,6,9-10H2,1-2H3,(H2,17,18,19). The van der Waals surface area contributed by atoms with Gasteiger partial charge in [0.15, 0.2) is 5.82 Å². The first kappa shape index (κ1) is 15.9. The van der Waals surface area contributed by atoms with E-state index in [2.05, 4.69) is 9.97 Å². The van der Waals surface area contributed by atoms with Crippen LogP contribution in [0.2, 0.25) is 0 Å². The molecule has 1 fully saturated rings. The Hall–Kier alpha value is -1.99. The Morgan fingerprint density at radius 3 is 2.57 bits per heavy atom. The van der Waals surface area contributed by atoms with Crippen LogP contribution in [0.4, 0.5) is 5.82 Å². The predicted octanol–water partition coefficient (Wildman–Crippen LogP) is 2.07. The molecule has 1 aliphatic heterocycles. The molecule has 1 aromatic heterocycles. The van der Waals surface area contributed by atoms with Crippen LogP contribution in [0.15, 0.2) is 41.3 Å². The second kappa shape index (κ2) is 5.58. The molecule has 0 saturated carbocycles. The van der Waals surface area contributed by atoms with Crippen LogP contribution in [0.5, 0.6) is 0 Å². The lowest BCUT2D eigenvalue weighted by atomic mass is 9.99. The topological polar surface area (TPSA) is 89.2 Å². The number of sulfonamides is 1. The Balaban J connectivity index is 2.09. The number of aryl methyl sites for hydroxylation is 1. The van der Waals surface area contributed by atoms with Gasteiger partial charge in [0.2, 0.25) is 10.0 Å². The number of hydrogen-bond donors (Lipinski definition) is 1. The van der Waals surface area contributed by atoms with Gasteiger partial charge in [-0.25, -0.2) is 18.4 Å². The fraction of sp³-hybridized carbons (Fsp3) is 0.375. The summed E-state index contributed by atoms with van der Waals surface area (Å²) in [4.78, 5) is 9.04. The molecule has 2 N–H and O–H groups in total. The van der Waals surface area contributed by atoms with E-state index in [-0.39, 0.29) is 4.90 Å². The Bertz CT molecular complexity index is 803. The van der Waals surface area contributed by atoms with Crippen LogP contribution in [0.1, 0.15) is 31.3 Å². The van der Waals surface area contributed by atoms with Gasteiger partial charge in [0, 0.05) is 18.3 Å². The van der Waals surface area contributed by atoms with Crippen LogP contribution in [-0.4, -0.2) is 29.2 Å². The summed E-state index contributed by atoms with van der Waals surface area (Å²) in [5.74, 6) is 0.824. The van der Waals surface area contributed by atoms with E-state index in [1.807, 2.05) is 13.8 Å². The third-order valence-electron chi connectivity index (χ3n) is 4.26. The fourth-order valence-corrected chi connectivity index (χ4v) is 4.93. The first-order valence-electron chi connectivity index (χ1n) is 7.53. The van der Waals surface area contributed by atoms with Crippen molar-refractivity contribution in [1.82, 2.24) is 14.3 Å². The minimum absolute atomic E-state index is 0.286. The number of nitrogens with two attached hydrogens (primary N) is 1. The minimum atomic E-state index is -3.61. The van der Waals surface area contributed by atoms with Crippen LogP contribution in [-0.2, 0) is 15.6 Å². The molecule has 1 unspecified atom stereocenters. The van der Waals surface area contributed by atoms with Gasteiger partial charge in [-0.1, -0.05) is 18.2 Å². The van der Waals surface area contributed by atoms with Gasteiger partial charge in [-0.05, 0) is 38.8 Å². The summed E-state index contributed by atoms with van der Waals surface area (Å²) in [5, 5.41) is 0. The van der Waals surface area contributed by atoms with E-state index in [1.165, 1.54) is 4.31 Å². The monoisotopic (exact) mass is 332 g/mol. The SMILES string of the molecule is Cc1cc(N)nc(C2(C)CCCN2S(=O)(=O)c2ccccc2)n1. The average Bonchev–Trinajstić information content (AvgIpc) is 2.91. The van der Waals surface area contributed by atoms with E-state index in [0.717, 1.165) is 12.1 Å². The summed E-state index contributed by atoms with van der Waals surface area (Å²) in [5.41, 5.74) is 5.78. The van der Waals surface area contributed by atoms with Crippen molar-refractivity contribution in [3.05, 3.63) is 47.9 Å². The van der Waals surface area contributed by atoms with Gasteiger partial charge in [0.05, 0.1) is 10.4 Å². The third kappa shape index (κ3) is 2.70. The van der Waals surface area contributed by atoms with Crippen molar-refractivity contribution < 1.29 is 8.42 Å². The van der Waals surface area contributed by atoms with E-state index in [1.54, 1.807) is 36.4 Å². The lowest BCUT2D eigenvalue weighted by Crippen LogP contribution is -2.44. The van der Waals surface area contributed by atoms with Crippen LogP contribution in [0.25, 0.3) is 0 Å². The van der Waals surface area contributed by atoms with Crippen molar-refractivity contribution in [2.45, 2.75) is 37.1 Å². The molecule has 0 aliphatic carbocycles. The summed E-state index contributed by atoms with van der Waals surface area (Å²) in [6.07, 6.45) is 1.43. The highest BCUT2D eigenvalue weighted by Gasteiger charge is 2.47. The van der Waals surface area contributed by atoms with Crippen molar-refractivity contribution in [3.63, 3.8) is 0 Å². The molecule has 7 heteroatoms. The predicted molar refractivity (Wildman–Crippen MR) is 88.1 cm³/mol. The van der Waals surface area contributed by atoms with Crippen LogP contribution < -0.4 is 5.73 Å². The minimum Gasteiger partial charge on any atom is -0.384 e. The van der Waals surface area contributed by atoms with E-state index >= 15 is 0 Å². The Kier molecular flexibility index (Phi) is 3.85. The molecule has 0 radical (unpaired) electrons. The van der Waals surface area contributed by atoms with Gasteiger partial charge >= 0.3 is 0 Å². The first-order valence-corrected chi connectivity index (χ1v) is 8.97. The molecule has 122 valence electrons. The Morgan fingerprint density at radius 2 is 1.91 bits per heavy atom. The van der Waals surface area contributed by atoms with Gasteiger partial charge in [-0.3, -0.25) is 0 Å². The number of nitrogens with zero attached hydrogens (tertiary/aromatic N) is 3. The highest BCUT2D eigenvalue weighted by atomic mass is 32.2. The summed E-state index contributed by atoms with van der Waals surface area (Å²) < 4.78 is 27.6. The molecule has 3 rings (SSSR count). The van der Waals surface area contributed by atoms with Gasteiger partial charge < -0.3 is 5.73 Å². The molecule has 1 atom stereocenters. The molecular formula is C16H20N4O2S. The molecule has 2 aromatic rings. The number of anilines is 1. The molecular weight excluding hydrogens is 312 g/mol. The van der Waals surface area contributed by atoms with Crippen LogP contribution in [0, 0.1) is 6.92 Å². The number of benzene rings is 1. The fourth-order valence-electron chi connectivity index (χ4n) is 3.10. The second-order valence-electron chi connectivity index (χ2n) is 6.03. The zero-order chi connectivity index (χ0) is 16.7. The second-order valence-corrected chi connectivity index (χ2v) is 7.89. The summed E-state index contributed by atoms with van der Waals surface area (Å²) in [6, 6.07) is 10.1. The Labute approximate surface area is 136 Å². The van der Waals surface area contributed by atoms with E-state index in [4.69, 9.17) is 5.73 Å². The molecule has 0 amide bonds. The number of aromatic nitrogens is 2. The van der Waals surface area contributed by atoms with E-state index in [0.29, 0.717) is 24.6 Å². The summed E-state index contributed by atoms with van der Waals surface area (Å²) in [6.45, 7) is 4.15. The number of rotatable bonds is 3. The lowest BCUT2D eigenvalue weighted by molar-refractivity contribution is 0.255. The maximum Gasteiger partial charge on any atom is 0.243 e. The highest BCUT2D eigenvalue weighted by molar-refractivity contribution is 7.89. The zero-order valence-electron chi connectivity index (χ0n) is 13.2. The number of hydrogen-bond acceptors (Lipinski definition) is 5. The van der Waals surface area contributed by atoms with Crippen molar-refractivity contribution in [2.75, 3.05) is 12.3 Å². The highest BCUT2D eigenvalue weighted by Crippen LogP contribution is 2.40. The van der Waals surface area contributed by atoms with Gasteiger partial charge in [-0.2, -0.15) is 4.31 Å². The van der Waals surface area contributed by atoms with Crippen molar-refractivity contribution in [1.29, 1.82) is 0 Å². The number of nitrogen functional groups attached to an aromatic ring is 1. The van der Waals surface area contributed by atoms with Gasteiger partial charge in [0.1, 0.15) is 5.82 Å². The molecule has 1 aromatic carbocycles. The Morgan fingerprint density at radius 1 is 1.22 bits per heavy atom. The van der Waals surface area contributed by atoms with Crippen LogP contribution >= 0.6 is 0 Å². The summed E-state index contributed by atoms with van der Waals surface area (Å²) >= 11 is 0. The van der Waals surface area contributed by atoms with E-state index < -0.39 is 15.6 Å². The molecule has 6 nitrogen and oxygen atoms in total.